The minimum atomic E-state index is 0. The molecule has 29 heavy (non-hydrogen) atoms. The molecule has 0 unspecified atom stereocenters. The summed E-state index contributed by atoms with van der Waals surface area (Å²) < 4.78 is 5.99. The van der Waals surface area contributed by atoms with E-state index in [0.717, 1.165) is 42.9 Å². The summed E-state index contributed by atoms with van der Waals surface area (Å²) in [6, 6.07) is 16.9. The van der Waals surface area contributed by atoms with Crippen molar-refractivity contribution in [1.82, 2.24) is 15.5 Å². The zero-order valence-electron chi connectivity index (χ0n) is 17.6. The molecule has 2 aromatic rings. The van der Waals surface area contributed by atoms with Crippen molar-refractivity contribution >= 4 is 29.9 Å². The number of para-hydroxylation sites is 1. The number of benzene rings is 2. The van der Waals surface area contributed by atoms with Gasteiger partial charge in [-0.15, -0.1) is 24.0 Å². The molecule has 2 N–H and O–H groups in total. The van der Waals surface area contributed by atoms with Crippen molar-refractivity contribution in [3.63, 3.8) is 0 Å². The van der Waals surface area contributed by atoms with Gasteiger partial charge < -0.3 is 20.3 Å². The molecule has 3 rings (SSSR count). The molecule has 1 saturated carbocycles. The van der Waals surface area contributed by atoms with Gasteiger partial charge in [0.25, 0.3) is 0 Å². The zero-order chi connectivity index (χ0) is 19.8. The normalized spacial score (nSPS) is 13.7. The van der Waals surface area contributed by atoms with Gasteiger partial charge in [0.1, 0.15) is 5.75 Å². The highest BCUT2D eigenvalue weighted by atomic mass is 127. The highest BCUT2D eigenvalue weighted by Gasteiger charge is 2.22. The van der Waals surface area contributed by atoms with Crippen molar-refractivity contribution in [1.29, 1.82) is 0 Å². The summed E-state index contributed by atoms with van der Waals surface area (Å²) in [4.78, 5) is 6.51. The molecule has 5 nitrogen and oxygen atoms in total. The minimum Gasteiger partial charge on any atom is -0.493 e. The maximum absolute atomic E-state index is 5.99. The van der Waals surface area contributed by atoms with E-state index in [9.17, 15) is 0 Å². The smallest absolute Gasteiger partial charge is 0.191 e. The first kappa shape index (κ1) is 23.5. The number of rotatable bonds is 9. The fourth-order valence-electron chi connectivity index (χ4n) is 3.00. The van der Waals surface area contributed by atoms with E-state index in [2.05, 4.69) is 65.0 Å². The quantitative estimate of drug-likeness (QED) is 0.305. The summed E-state index contributed by atoms with van der Waals surface area (Å²) in [6.45, 7) is 3.21. The van der Waals surface area contributed by atoms with Gasteiger partial charge in [-0.3, -0.25) is 4.99 Å². The van der Waals surface area contributed by atoms with Crippen molar-refractivity contribution in [2.24, 2.45) is 10.9 Å². The van der Waals surface area contributed by atoms with Gasteiger partial charge >= 0.3 is 0 Å². The number of ether oxygens (including phenoxy) is 1. The monoisotopic (exact) mass is 508 g/mol. The number of hydrogen-bond donors (Lipinski definition) is 2. The third kappa shape index (κ3) is 8.22. The molecular weight excluding hydrogens is 475 g/mol. The van der Waals surface area contributed by atoms with Gasteiger partial charge in [-0.25, -0.2) is 0 Å². The van der Waals surface area contributed by atoms with Gasteiger partial charge in [0.15, 0.2) is 5.96 Å². The zero-order valence-corrected chi connectivity index (χ0v) is 20.0. The van der Waals surface area contributed by atoms with Crippen LogP contribution in [0.1, 0.15) is 29.5 Å². The van der Waals surface area contributed by atoms with Crippen LogP contribution in [0.25, 0.3) is 0 Å². The van der Waals surface area contributed by atoms with Crippen molar-refractivity contribution < 1.29 is 4.74 Å². The molecule has 0 amide bonds. The lowest BCUT2D eigenvalue weighted by molar-refractivity contribution is 0.296. The number of nitrogens with zero attached hydrogens (tertiary/aromatic N) is 2. The summed E-state index contributed by atoms with van der Waals surface area (Å²) in [6.07, 6.45) is 2.60. The number of guanidine groups is 1. The van der Waals surface area contributed by atoms with Gasteiger partial charge in [-0.2, -0.15) is 0 Å². The molecule has 0 atom stereocenters. The van der Waals surface area contributed by atoms with Crippen molar-refractivity contribution in [3.05, 3.63) is 65.2 Å². The Hall–Kier alpha value is -1.80. The Morgan fingerprint density at radius 2 is 1.66 bits per heavy atom. The Kier molecular flexibility index (Phi) is 9.73. The molecule has 6 heteroatoms. The van der Waals surface area contributed by atoms with Crippen molar-refractivity contribution in [3.8, 4) is 5.75 Å². The average Bonchev–Trinajstić information content (AvgIpc) is 3.52. The third-order valence-corrected chi connectivity index (χ3v) is 4.80. The van der Waals surface area contributed by atoms with Crippen molar-refractivity contribution in [2.75, 3.05) is 27.7 Å². The largest absolute Gasteiger partial charge is 0.493 e. The van der Waals surface area contributed by atoms with Crippen molar-refractivity contribution in [2.45, 2.75) is 32.5 Å². The second kappa shape index (κ2) is 12.0. The van der Waals surface area contributed by atoms with Crippen LogP contribution in [0.3, 0.4) is 0 Å². The maximum Gasteiger partial charge on any atom is 0.191 e. The molecule has 0 bridgehead atoms. The lowest BCUT2D eigenvalue weighted by atomic mass is 10.1. The van der Waals surface area contributed by atoms with Crippen LogP contribution in [-0.4, -0.2) is 38.6 Å². The molecular formula is C23H33IN4O. The standard InChI is InChI=1S/C23H32N4O.HI/c1-24-23(25-14-18-8-10-19(11-9-18)16-27(2)3)26-15-21-6-4-5-7-22(21)28-17-20-12-13-20;/h4-11,20H,12-17H2,1-3H3,(H2,24,25,26);1H. The second-order valence-electron chi connectivity index (χ2n) is 7.70. The lowest BCUT2D eigenvalue weighted by Gasteiger charge is -2.15. The lowest BCUT2D eigenvalue weighted by Crippen LogP contribution is -2.36. The molecule has 1 fully saturated rings. The Morgan fingerprint density at radius 1 is 1.00 bits per heavy atom. The van der Waals surface area contributed by atoms with Crippen LogP contribution in [-0.2, 0) is 19.6 Å². The van der Waals surface area contributed by atoms with E-state index in [4.69, 9.17) is 4.74 Å². The van der Waals surface area contributed by atoms with E-state index >= 15 is 0 Å². The maximum atomic E-state index is 5.99. The first-order chi connectivity index (χ1) is 13.6. The number of nitrogens with one attached hydrogen (secondary N) is 2. The summed E-state index contributed by atoms with van der Waals surface area (Å²) in [5.41, 5.74) is 3.71. The molecule has 158 valence electrons. The van der Waals surface area contributed by atoms with E-state index in [1.807, 2.05) is 18.2 Å². The Labute approximate surface area is 192 Å². The van der Waals surface area contributed by atoms with Gasteiger partial charge in [-0.05, 0) is 50.0 Å². The number of hydrogen-bond acceptors (Lipinski definition) is 3. The Bertz CT molecular complexity index is 773. The van der Waals surface area contributed by atoms with Gasteiger partial charge in [-0.1, -0.05) is 42.5 Å². The predicted octanol–water partition coefficient (Wildman–Crippen LogP) is 4.02. The van der Waals surface area contributed by atoms with Gasteiger partial charge in [0.2, 0.25) is 0 Å². The van der Waals surface area contributed by atoms with E-state index in [1.54, 1.807) is 7.05 Å². The molecule has 1 aliphatic rings. The first-order valence-electron chi connectivity index (χ1n) is 10.0. The molecule has 0 radical (unpaired) electrons. The topological polar surface area (TPSA) is 48.9 Å². The summed E-state index contributed by atoms with van der Waals surface area (Å²) in [5, 5.41) is 6.77. The van der Waals surface area contributed by atoms with E-state index in [0.29, 0.717) is 6.54 Å². The summed E-state index contributed by atoms with van der Waals surface area (Å²) in [7, 11) is 5.96. The van der Waals surface area contributed by atoms with E-state index < -0.39 is 0 Å². The van der Waals surface area contributed by atoms with Crippen LogP contribution in [0.15, 0.2) is 53.5 Å². The predicted molar refractivity (Wildman–Crippen MR) is 131 cm³/mol. The second-order valence-corrected chi connectivity index (χ2v) is 7.70. The minimum absolute atomic E-state index is 0. The molecule has 0 saturated heterocycles. The first-order valence-corrected chi connectivity index (χ1v) is 10.0. The highest BCUT2D eigenvalue weighted by Crippen LogP contribution is 2.30. The average molecular weight is 508 g/mol. The molecule has 0 aliphatic heterocycles. The molecule has 0 heterocycles. The third-order valence-electron chi connectivity index (χ3n) is 4.80. The van der Waals surface area contributed by atoms with Crippen LogP contribution in [0.4, 0.5) is 0 Å². The Morgan fingerprint density at radius 3 is 2.31 bits per heavy atom. The van der Waals surface area contributed by atoms with Gasteiger partial charge in [0.05, 0.1) is 6.61 Å². The van der Waals surface area contributed by atoms with Crippen LogP contribution in [0.2, 0.25) is 0 Å². The van der Waals surface area contributed by atoms with Crippen LogP contribution in [0.5, 0.6) is 5.75 Å². The summed E-state index contributed by atoms with van der Waals surface area (Å²) >= 11 is 0. The fraction of sp³-hybridized carbons (Fsp3) is 0.435. The van der Waals surface area contributed by atoms with E-state index in [1.165, 1.54) is 24.0 Å². The highest BCUT2D eigenvalue weighted by molar-refractivity contribution is 14.0. The fourth-order valence-corrected chi connectivity index (χ4v) is 3.00. The van der Waals surface area contributed by atoms with Crippen LogP contribution in [0, 0.1) is 5.92 Å². The number of aliphatic imine (C=N–C) groups is 1. The Balaban J connectivity index is 0.00000300. The van der Waals surface area contributed by atoms with Crippen LogP contribution < -0.4 is 15.4 Å². The number of halogens is 1. The SMILES string of the molecule is CN=C(NCc1ccc(CN(C)C)cc1)NCc1ccccc1OCC1CC1.I. The molecule has 0 aromatic heterocycles. The molecule has 2 aromatic carbocycles. The van der Waals surface area contributed by atoms with E-state index in [-0.39, 0.29) is 24.0 Å². The van der Waals surface area contributed by atoms with Crippen LogP contribution >= 0.6 is 24.0 Å². The molecule has 1 aliphatic carbocycles. The van der Waals surface area contributed by atoms with Gasteiger partial charge in [0, 0.05) is 32.2 Å². The molecule has 0 spiro atoms. The summed E-state index contributed by atoms with van der Waals surface area (Å²) in [5.74, 6) is 2.50.